The molecule has 21 heavy (non-hydrogen) atoms. The number of aliphatic hydroxyl groups is 1. The molecular formula is C17H25IO3. The van der Waals surface area contributed by atoms with Gasteiger partial charge in [0.05, 0.1) is 28.8 Å². The zero-order valence-electron chi connectivity index (χ0n) is 13.0. The maximum atomic E-state index is 9.58. The lowest BCUT2D eigenvalue weighted by molar-refractivity contribution is -0.231. The molecule has 1 saturated heterocycles. The highest BCUT2D eigenvalue weighted by Gasteiger charge is 2.49. The fraction of sp³-hybridized carbons (Fsp3) is 0.647. The minimum atomic E-state index is -0.466. The molecule has 0 amide bonds. The van der Waals surface area contributed by atoms with Gasteiger partial charge in [0, 0.05) is 0 Å². The van der Waals surface area contributed by atoms with Crippen molar-refractivity contribution in [3.8, 4) is 0 Å². The van der Waals surface area contributed by atoms with Crippen molar-refractivity contribution < 1.29 is 14.6 Å². The Morgan fingerprint density at radius 3 is 2.62 bits per heavy atom. The first-order valence-corrected chi connectivity index (χ1v) is 8.72. The summed E-state index contributed by atoms with van der Waals surface area (Å²) in [5, 5.41) is 9.58. The molecule has 1 fully saturated rings. The van der Waals surface area contributed by atoms with E-state index in [1.165, 1.54) is 5.56 Å². The number of hydrogen-bond acceptors (Lipinski definition) is 3. The average Bonchev–Trinajstić information content (AvgIpc) is 2.45. The zero-order valence-corrected chi connectivity index (χ0v) is 15.2. The Morgan fingerprint density at radius 1 is 1.33 bits per heavy atom. The molecule has 1 aliphatic heterocycles. The molecule has 0 aromatic heterocycles. The molecule has 1 aliphatic rings. The Morgan fingerprint density at radius 2 is 2.00 bits per heavy atom. The van der Waals surface area contributed by atoms with E-state index in [9.17, 15) is 5.11 Å². The van der Waals surface area contributed by atoms with Gasteiger partial charge >= 0.3 is 0 Å². The van der Waals surface area contributed by atoms with Gasteiger partial charge in [0.25, 0.3) is 0 Å². The van der Waals surface area contributed by atoms with Crippen LogP contribution in [-0.4, -0.2) is 32.9 Å². The maximum Gasteiger partial charge on any atom is 0.106 e. The number of rotatable bonds is 5. The summed E-state index contributed by atoms with van der Waals surface area (Å²) in [7, 11) is 0. The van der Waals surface area contributed by atoms with Crippen LogP contribution in [0.1, 0.15) is 39.2 Å². The van der Waals surface area contributed by atoms with Crippen molar-refractivity contribution in [3.63, 3.8) is 0 Å². The third-order valence-corrected chi connectivity index (χ3v) is 5.85. The van der Waals surface area contributed by atoms with Gasteiger partial charge in [-0.15, -0.1) is 0 Å². The molecule has 118 valence electrons. The van der Waals surface area contributed by atoms with Gasteiger partial charge in [-0.3, -0.25) is 0 Å². The molecule has 0 bridgehead atoms. The van der Waals surface area contributed by atoms with Crippen molar-refractivity contribution in [1.29, 1.82) is 0 Å². The second-order valence-electron chi connectivity index (χ2n) is 6.52. The molecule has 1 aromatic rings. The predicted molar refractivity (Wildman–Crippen MR) is 92.7 cm³/mol. The van der Waals surface area contributed by atoms with Crippen molar-refractivity contribution in [2.45, 2.75) is 61.5 Å². The minimum Gasteiger partial charge on any atom is -0.395 e. The second kappa shape index (κ2) is 6.94. The van der Waals surface area contributed by atoms with Crippen LogP contribution in [0.4, 0.5) is 0 Å². The van der Waals surface area contributed by atoms with Gasteiger partial charge in [-0.05, 0) is 39.2 Å². The molecule has 0 saturated carbocycles. The van der Waals surface area contributed by atoms with Crippen LogP contribution in [-0.2, 0) is 16.1 Å². The minimum absolute atomic E-state index is 0.000203. The summed E-state index contributed by atoms with van der Waals surface area (Å²) in [6.45, 7) is 6.97. The molecular weight excluding hydrogens is 379 g/mol. The van der Waals surface area contributed by atoms with Crippen LogP contribution in [0.15, 0.2) is 30.3 Å². The zero-order chi connectivity index (χ0) is 15.5. The first kappa shape index (κ1) is 17.2. The van der Waals surface area contributed by atoms with Gasteiger partial charge in [0.2, 0.25) is 0 Å². The molecule has 2 rings (SSSR count). The van der Waals surface area contributed by atoms with Gasteiger partial charge in [0.15, 0.2) is 0 Å². The predicted octanol–water partition coefficient (Wildman–Crippen LogP) is 3.72. The lowest BCUT2D eigenvalue weighted by Gasteiger charge is -2.50. The first-order chi connectivity index (χ1) is 9.87. The summed E-state index contributed by atoms with van der Waals surface area (Å²) in [5.41, 5.74) is 0.532. The molecule has 0 spiro atoms. The summed E-state index contributed by atoms with van der Waals surface area (Å²) in [6.07, 6.45) is 1.92. The first-order valence-electron chi connectivity index (χ1n) is 7.48. The Hall–Kier alpha value is -0.170. The highest BCUT2D eigenvalue weighted by Crippen LogP contribution is 2.41. The maximum absolute atomic E-state index is 9.58. The summed E-state index contributed by atoms with van der Waals surface area (Å²) >= 11 is 2.27. The smallest absolute Gasteiger partial charge is 0.106 e. The summed E-state index contributed by atoms with van der Waals surface area (Å²) in [6, 6.07) is 10.2. The number of benzene rings is 1. The molecule has 0 aliphatic carbocycles. The van der Waals surface area contributed by atoms with Crippen LogP contribution < -0.4 is 0 Å². The monoisotopic (exact) mass is 404 g/mol. The summed E-state index contributed by atoms with van der Waals surface area (Å²) in [4.78, 5) is 0. The van der Waals surface area contributed by atoms with Crippen molar-refractivity contribution in [2.75, 3.05) is 6.61 Å². The Kier molecular flexibility index (Phi) is 5.68. The van der Waals surface area contributed by atoms with E-state index < -0.39 is 5.60 Å². The van der Waals surface area contributed by atoms with Crippen molar-refractivity contribution in [1.82, 2.24) is 0 Å². The van der Waals surface area contributed by atoms with Crippen LogP contribution in [0.3, 0.4) is 0 Å². The van der Waals surface area contributed by atoms with Crippen molar-refractivity contribution in [2.24, 2.45) is 0 Å². The van der Waals surface area contributed by atoms with E-state index in [4.69, 9.17) is 9.47 Å². The number of alkyl halides is 1. The molecule has 0 radical (unpaired) electrons. The summed E-state index contributed by atoms with van der Waals surface area (Å²) < 4.78 is 12.5. The van der Waals surface area contributed by atoms with Crippen LogP contribution in [0.5, 0.6) is 0 Å². The van der Waals surface area contributed by atoms with Gasteiger partial charge in [-0.2, -0.15) is 0 Å². The van der Waals surface area contributed by atoms with Crippen LogP contribution in [0.2, 0.25) is 0 Å². The Bertz CT molecular complexity index is 449. The van der Waals surface area contributed by atoms with E-state index in [1.807, 2.05) is 18.2 Å². The van der Waals surface area contributed by atoms with Crippen LogP contribution in [0, 0.1) is 0 Å². The number of halogens is 1. The summed E-state index contributed by atoms with van der Waals surface area (Å²) in [5.74, 6) is 0. The molecule has 4 heteroatoms. The van der Waals surface area contributed by atoms with Crippen molar-refractivity contribution in [3.05, 3.63) is 35.9 Å². The van der Waals surface area contributed by atoms with E-state index in [0.29, 0.717) is 6.61 Å². The van der Waals surface area contributed by atoms with E-state index >= 15 is 0 Å². The SMILES string of the molecule is CC1(C)CC[C@H](OCc2ccccc2)[C@@](C)([C@H](I)CO)O1. The number of ether oxygens (including phenoxy) is 2. The Labute approximate surface area is 141 Å². The van der Waals surface area contributed by atoms with E-state index in [2.05, 4.69) is 55.5 Å². The molecule has 1 N–H and O–H groups in total. The average molecular weight is 404 g/mol. The molecule has 1 heterocycles. The lowest BCUT2D eigenvalue weighted by Crippen LogP contribution is -2.59. The molecule has 3 atom stereocenters. The van der Waals surface area contributed by atoms with E-state index in [0.717, 1.165) is 12.8 Å². The normalized spacial score (nSPS) is 30.0. The highest BCUT2D eigenvalue weighted by molar-refractivity contribution is 14.1. The third kappa shape index (κ3) is 4.18. The fourth-order valence-corrected chi connectivity index (χ4v) is 3.47. The molecule has 0 unspecified atom stereocenters. The number of aliphatic hydroxyl groups excluding tert-OH is 1. The van der Waals surface area contributed by atoms with Gasteiger partial charge in [-0.1, -0.05) is 52.9 Å². The van der Waals surface area contributed by atoms with Gasteiger partial charge < -0.3 is 14.6 Å². The third-order valence-electron chi connectivity index (χ3n) is 4.22. The highest BCUT2D eigenvalue weighted by atomic mass is 127. The standard InChI is InChI=1S/C17H25IO3/c1-16(2)10-9-15(17(3,21-16)14(18)11-19)20-12-13-7-5-4-6-8-13/h4-8,14-15,19H,9-12H2,1-3H3/t14-,15+,17-/m1/s1. The lowest BCUT2D eigenvalue weighted by atomic mass is 9.83. The van der Waals surface area contributed by atoms with Gasteiger partial charge in [-0.25, -0.2) is 0 Å². The quantitative estimate of drug-likeness (QED) is 0.601. The van der Waals surface area contributed by atoms with Crippen LogP contribution >= 0.6 is 22.6 Å². The van der Waals surface area contributed by atoms with Crippen molar-refractivity contribution >= 4 is 22.6 Å². The Balaban J connectivity index is 2.09. The second-order valence-corrected chi connectivity index (χ2v) is 8.02. The fourth-order valence-electron chi connectivity index (χ4n) is 2.94. The van der Waals surface area contributed by atoms with E-state index in [-0.39, 0.29) is 22.2 Å². The van der Waals surface area contributed by atoms with E-state index in [1.54, 1.807) is 0 Å². The molecule has 1 aromatic carbocycles. The molecule has 3 nitrogen and oxygen atoms in total. The topological polar surface area (TPSA) is 38.7 Å². The number of hydrogen-bond donors (Lipinski definition) is 1. The largest absolute Gasteiger partial charge is 0.395 e. The van der Waals surface area contributed by atoms with Crippen LogP contribution in [0.25, 0.3) is 0 Å². The van der Waals surface area contributed by atoms with Gasteiger partial charge in [0.1, 0.15) is 5.60 Å².